The van der Waals surface area contributed by atoms with Gasteiger partial charge in [-0.15, -0.1) is 0 Å². The fourth-order valence-electron chi connectivity index (χ4n) is 2.66. The number of nitrogens with zero attached hydrogens (tertiary/aromatic N) is 2. The van der Waals surface area contributed by atoms with Crippen LogP contribution >= 0.6 is 0 Å². The Bertz CT molecular complexity index is 1260. The zero-order valence-electron chi connectivity index (χ0n) is 18.0. The Balaban J connectivity index is 2.31. The van der Waals surface area contributed by atoms with E-state index < -0.39 is 38.4 Å². The Labute approximate surface area is 189 Å². The van der Waals surface area contributed by atoms with Crippen LogP contribution in [0.5, 0.6) is 5.75 Å². The summed E-state index contributed by atoms with van der Waals surface area (Å²) in [6, 6.07) is 4.97. The molecule has 4 N–H and O–H groups in total. The molecule has 0 unspecified atom stereocenters. The molecule has 1 amide bonds. The molecule has 0 aliphatic carbocycles. The standard InChI is InChI=1S/C21H22F2N4O5S/c1-21(2,23)8-6-15(28)7-9-32-19-17(33(25,30)31)12-27(3)18(19)20(29)26-14-4-5-16(22)13(10-14)11-24/h4-5,10,12,15,28H,7,9H2,1-3H3,(H,26,29)(H2,25,30,31)/t15-/m1/s1. The average molecular weight is 480 g/mol. The maximum absolute atomic E-state index is 13.5. The van der Waals surface area contributed by atoms with Crippen molar-refractivity contribution in [2.75, 3.05) is 11.9 Å². The van der Waals surface area contributed by atoms with Crippen LogP contribution in [0.1, 0.15) is 36.3 Å². The summed E-state index contributed by atoms with van der Waals surface area (Å²) in [6.45, 7) is 2.17. The van der Waals surface area contributed by atoms with Gasteiger partial charge >= 0.3 is 0 Å². The van der Waals surface area contributed by atoms with Crippen LogP contribution in [0, 0.1) is 29.0 Å². The van der Waals surface area contributed by atoms with Gasteiger partial charge in [-0.2, -0.15) is 5.26 Å². The number of amides is 1. The number of rotatable bonds is 7. The molecule has 0 bridgehead atoms. The fourth-order valence-corrected chi connectivity index (χ4v) is 3.38. The maximum Gasteiger partial charge on any atom is 0.276 e. The van der Waals surface area contributed by atoms with Crippen molar-refractivity contribution in [3.63, 3.8) is 0 Å². The molecule has 0 fully saturated rings. The number of hydrogen-bond donors (Lipinski definition) is 3. The van der Waals surface area contributed by atoms with Gasteiger partial charge in [0.2, 0.25) is 10.0 Å². The highest BCUT2D eigenvalue weighted by molar-refractivity contribution is 7.89. The zero-order valence-corrected chi connectivity index (χ0v) is 18.8. The van der Waals surface area contributed by atoms with Gasteiger partial charge in [0.25, 0.3) is 5.91 Å². The summed E-state index contributed by atoms with van der Waals surface area (Å²) in [7, 11) is -2.92. The molecule has 0 aliphatic rings. The first-order chi connectivity index (χ1) is 15.2. The Morgan fingerprint density at radius 3 is 2.67 bits per heavy atom. The Kier molecular flexibility index (Phi) is 7.82. The lowest BCUT2D eigenvalue weighted by Crippen LogP contribution is -2.19. The molecule has 0 radical (unpaired) electrons. The molecule has 0 aliphatic heterocycles. The van der Waals surface area contributed by atoms with Crippen molar-refractivity contribution in [1.82, 2.24) is 4.57 Å². The summed E-state index contributed by atoms with van der Waals surface area (Å²) in [5.74, 6) is 2.57. The van der Waals surface area contributed by atoms with E-state index in [0.717, 1.165) is 18.3 Å². The lowest BCUT2D eigenvalue weighted by molar-refractivity contribution is 0.101. The van der Waals surface area contributed by atoms with Crippen LogP contribution in [0.15, 0.2) is 29.3 Å². The topological polar surface area (TPSA) is 147 Å². The van der Waals surface area contributed by atoms with Gasteiger partial charge in [-0.25, -0.2) is 22.3 Å². The Morgan fingerprint density at radius 1 is 1.42 bits per heavy atom. The molecule has 0 spiro atoms. The van der Waals surface area contributed by atoms with E-state index in [0.29, 0.717) is 0 Å². The van der Waals surface area contributed by atoms with Gasteiger partial charge in [0.15, 0.2) is 17.1 Å². The second-order valence-electron chi connectivity index (χ2n) is 7.48. The third-order valence-corrected chi connectivity index (χ3v) is 5.05. The fraction of sp³-hybridized carbons (Fsp3) is 0.333. The molecule has 1 heterocycles. The summed E-state index contributed by atoms with van der Waals surface area (Å²) in [5, 5.41) is 26.5. The number of benzene rings is 1. The smallest absolute Gasteiger partial charge is 0.276 e. The number of anilines is 1. The molecule has 9 nitrogen and oxygen atoms in total. The normalized spacial score (nSPS) is 12.3. The molecule has 1 atom stereocenters. The van der Waals surface area contributed by atoms with Crippen molar-refractivity contribution < 1.29 is 31.8 Å². The van der Waals surface area contributed by atoms with Crippen molar-refractivity contribution in [3.05, 3.63) is 41.5 Å². The van der Waals surface area contributed by atoms with Gasteiger partial charge in [0, 0.05) is 25.4 Å². The number of sulfonamides is 1. The first kappa shape index (κ1) is 25.8. The summed E-state index contributed by atoms with van der Waals surface area (Å²) in [4.78, 5) is 12.4. The van der Waals surface area contributed by atoms with Gasteiger partial charge in [0.1, 0.15) is 22.9 Å². The van der Waals surface area contributed by atoms with E-state index in [9.17, 15) is 27.1 Å². The number of nitriles is 1. The van der Waals surface area contributed by atoms with Crippen molar-refractivity contribution in [2.45, 2.75) is 36.9 Å². The highest BCUT2D eigenvalue weighted by Gasteiger charge is 2.28. The number of aromatic nitrogens is 1. The molecule has 1 aromatic carbocycles. The van der Waals surface area contributed by atoms with E-state index >= 15 is 0 Å². The number of aliphatic hydroxyl groups excluding tert-OH is 1. The van der Waals surface area contributed by atoms with E-state index in [1.54, 1.807) is 6.07 Å². The Hall–Kier alpha value is -3.45. The minimum atomic E-state index is -4.30. The SMILES string of the molecule is Cn1cc(S(N)(=O)=O)c(OCC[C@H](O)C#CC(C)(C)F)c1C(=O)Nc1ccc(F)c(C#N)c1. The number of hydrogen-bond acceptors (Lipinski definition) is 6. The number of aryl methyl sites for hydroxylation is 1. The third kappa shape index (κ3) is 7.02. The number of carbonyl (C=O) groups excluding carboxylic acids is 1. The summed E-state index contributed by atoms with van der Waals surface area (Å²) in [5.41, 5.74) is -2.25. The van der Waals surface area contributed by atoms with Crippen molar-refractivity contribution in [1.29, 1.82) is 5.26 Å². The second-order valence-corrected chi connectivity index (χ2v) is 9.01. The van der Waals surface area contributed by atoms with E-state index in [1.807, 2.05) is 0 Å². The second kappa shape index (κ2) is 10.0. The van der Waals surface area contributed by atoms with Gasteiger partial charge in [-0.1, -0.05) is 11.8 Å². The van der Waals surface area contributed by atoms with Crippen LogP contribution in [0.4, 0.5) is 14.5 Å². The number of nitrogens with two attached hydrogens (primary N) is 1. The first-order valence-electron chi connectivity index (χ1n) is 9.48. The zero-order chi connectivity index (χ0) is 25.0. The van der Waals surface area contributed by atoms with Crippen LogP contribution in [-0.4, -0.2) is 42.4 Å². The molecule has 2 aromatic rings. The van der Waals surface area contributed by atoms with E-state index in [1.165, 1.54) is 31.5 Å². The van der Waals surface area contributed by atoms with Crippen LogP contribution in [0.3, 0.4) is 0 Å². The lowest BCUT2D eigenvalue weighted by atomic mass is 10.1. The quantitative estimate of drug-likeness (QED) is 0.515. The van der Waals surface area contributed by atoms with Crippen LogP contribution in [0.25, 0.3) is 0 Å². The monoisotopic (exact) mass is 480 g/mol. The van der Waals surface area contributed by atoms with Crippen molar-refractivity contribution in [3.8, 4) is 23.7 Å². The minimum absolute atomic E-state index is 0.0850. The highest BCUT2D eigenvalue weighted by atomic mass is 32.2. The van der Waals surface area contributed by atoms with Gasteiger partial charge in [0.05, 0.1) is 12.2 Å². The first-order valence-corrected chi connectivity index (χ1v) is 11.0. The molecule has 12 heteroatoms. The molecule has 2 rings (SSSR count). The highest BCUT2D eigenvalue weighted by Crippen LogP contribution is 2.30. The summed E-state index contributed by atoms with van der Waals surface area (Å²) in [6.07, 6.45) is -0.304. The summed E-state index contributed by atoms with van der Waals surface area (Å²) >= 11 is 0. The van der Waals surface area contributed by atoms with Gasteiger partial charge in [-0.3, -0.25) is 4.79 Å². The van der Waals surface area contributed by atoms with E-state index in [4.69, 9.17) is 15.1 Å². The Morgan fingerprint density at radius 2 is 2.09 bits per heavy atom. The largest absolute Gasteiger partial charge is 0.490 e. The third-order valence-electron chi connectivity index (χ3n) is 4.14. The number of ether oxygens (including phenoxy) is 1. The van der Waals surface area contributed by atoms with Crippen LogP contribution in [0.2, 0.25) is 0 Å². The number of primary sulfonamides is 1. The number of alkyl halides is 1. The molecular formula is C21H22F2N4O5S. The van der Waals surface area contributed by atoms with Gasteiger partial charge < -0.3 is 19.7 Å². The molecule has 176 valence electrons. The van der Waals surface area contributed by atoms with Crippen LogP contribution < -0.4 is 15.2 Å². The van der Waals surface area contributed by atoms with Gasteiger partial charge in [-0.05, 0) is 32.0 Å². The number of halogens is 2. The molecule has 0 saturated heterocycles. The molecule has 1 aromatic heterocycles. The van der Waals surface area contributed by atoms with E-state index in [2.05, 4.69) is 17.2 Å². The maximum atomic E-state index is 13.5. The van der Waals surface area contributed by atoms with Crippen molar-refractivity contribution >= 4 is 21.6 Å². The minimum Gasteiger partial charge on any atom is -0.490 e. The average Bonchev–Trinajstić information content (AvgIpc) is 3.04. The number of aliphatic hydroxyl groups is 1. The van der Waals surface area contributed by atoms with Crippen molar-refractivity contribution in [2.24, 2.45) is 12.2 Å². The van der Waals surface area contributed by atoms with Crippen LogP contribution in [-0.2, 0) is 17.1 Å². The van der Waals surface area contributed by atoms with E-state index in [-0.39, 0.29) is 35.7 Å². The number of carbonyl (C=O) groups is 1. The summed E-state index contributed by atoms with van der Waals surface area (Å²) < 4.78 is 57.6. The predicted octanol–water partition coefficient (Wildman–Crippen LogP) is 1.82. The molecule has 0 saturated carbocycles. The molecule has 33 heavy (non-hydrogen) atoms. The molecular weight excluding hydrogens is 458 g/mol. The predicted molar refractivity (Wildman–Crippen MR) is 115 cm³/mol. The number of nitrogens with one attached hydrogen (secondary N) is 1. The lowest BCUT2D eigenvalue weighted by Gasteiger charge is -2.12.